The maximum Gasteiger partial charge on any atom is 0.409 e. The summed E-state index contributed by atoms with van der Waals surface area (Å²) >= 11 is 0. The molecule has 26 heavy (non-hydrogen) atoms. The van der Waals surface area contributed by atoms with Crippen LogP contribution in [-0.4, -0.2) is 67.6 Å². The Balaban J connectivity index is 1.67. The van der Waals surface area contributed by atoms with Crippen LogP contribution < -0.4 is 9.64 Å². The maximum atomic E-state index is 12.7. The van der Waals surface area contributed by atoms with Gasteiger partial charge < -0.3 is 19.3 Å². The van der Waals surface area contributed by atoms with Gasteiger partial charge in [0.2, 0.25) is 0 Å². The van der Waals surface area contributed by atoms with E-state index in [4.69, 9.17) is 9.47 Å². The second kappa shape index (κ2) is 7.47. The summed E-state index contributed by atoms with van der Waals surface area (Å²) in [6, 6.07) is 6.74. The highest BCUT2D eigenvalue weighted by molar-refractivity contribution is 6.30. The maximum absolute atomic E-state index is 12.7. The van der Waals surface area contributed by atoms with E-state index < -0.39 is 0 Å². The van der Waals surface area contributed by atoms with Crippen molar-refractivity contribution in [1.82, 2.24) is 9.80 Å². The van der Waals surface area contributed by atoms with Gasteiger partial charge in [-0.3, -0.25) is 9.59 Å². The largest absolute Gasteiger partial charge is 0.497 e. The molecule has 0 radical (unpaired) electrons. The van der Waals surface area contributed by atoms with Gasteiger partial charge in [-0.2, -0.15) is 0 Å². The van der Waals surface area contributed by atoms with Crippen molar-refractivity contribution in [2.24, 2.45) is 0 Å². The van der Waals surface area contributed by atoms with E-state index in [0.29, 0.717) is 49.9 Å². The van der Waals surface area contributed by atoms with Crippen LogP contribution >= 0.6 is 0 Å². The number of carbonyl (C=O) groups excluding carboxylic acids is 3. The van der Waals surface area contributed by atoms with Crippen LogP contribution in [0.4, 0.5) is 10.5 Å². The van der Waals surface area contributed by atoms with E-state index in [0.717, 1.165) is 4.90 Å². The quantitative estimate of drug-likeness (QED) is 0.753. The van der Waals surface area contributed by atoms with Crippen LogP contribution in [0.3, 0.4) is 0 Å². The lowest BCUT2D eigenvalue weighted by Gasteiger charge is -2.35. The summed E-state index contributed by atoms with van der Waals surface area (Å²) in [6.45, 7) is 3.92. The van der Waals surface area contributed by atoms with Crippen molar-refractivity contribution in [1.29, 1.82) is 0 Å². The molecular weight excluding hydrogens is 338 g/mol. The van der Waals surface area contributed by atoms with Crippen molar-refractivity contribution in [2.75, 3.05) is 44.8 Å². The van der Waals surface area contributed by atoms with E-state index >= 15 is 0 Å². The molecule has 0 N–H and O–H groups in total. The van der Waals surface area contributed by atoms with E-state index in [2.05, 4.69) is 0 Å². The molecule has 2 heterocycles. The molecule has 0 saturated carbocycles. The van der Waals surface area contributed by atoms with E-state index in [-0.39, 0.29) is 17.9 Å². The first-order chi connectivity index (χ1) is 12.5. The van der Waals surface area contributed by atoms with Crippen molar-refractivity contribution in [3.63, 3.8) is 0 Å². The molecule has 8 nitrogen and oxygen atoms in total. The Morgan fingerprint density at radius 3 is 2.31 bits per heavy atom. The number of amides is 3. The first kappa shape index (κ1) is 17.8. The van der Waals surface area contributed by atoms with Gasteiger partial charge in [0, 0.05) is 32.3 Å². The molecule has 0 aliphatic carbocycles. The Bertz CT molecular complexity index is 736. The summed E-state index contributed by atoms with van der Waals surface area (Å²) in [6.07, 6.45) is 1.00. The molecule has 1 fully saturated rings. The lowest BCUT2D eigenvalue weighted by atomic mass is 10.2. The minimum atomic E-state index is -0.372. The highest BCUT2D eigenvalue weighted by Crippen LogP contribution is 2.26. The van der Waals surface area contributed by atoms with Gasteiger partial charge in [0.1, 0.15) is 11.4 Å². The number of ether oxygens (including phenoxy) is 2. The molecule has 0 aromatic heterocycles. The number of hydrogen-bond donors (Lipinski definition) is 0. The molecule has 0 atom stereocenters. The molecule has 2 aliphatic heterocycles. The Morgan fingerprint density at radius 1 is 1.08 bits per heavy atom. The number of carbonyl (C=O) groups is 3. The average Bonchev–Trinajstić information content (AvgIpc) is 2.96. The monoisotopic (exact) mass is 359 g/mol. The Morgan fingerprint density at radius 2 is 1.73 bits per heavy atom. The van der Waals surface area contributed by atoms with Crippen molar-refractivity contribution >= 4 is 23.6 Å². The summed E-state index contributed by atoms with van der Waals surface area (Å²) < 4.78 is 10.1. The van der Waals surface area contributed by atoms with E-state index in [1.807, 2.05) is 4.90 Å². The zero-order valence-electron chi connectivity index (χ0n) is 14.8. The number of anilines is 1. The first-order valence-corrected chi connectivity index (χ1v) is 8.46. The molecular formula is C18H21N3O5. The van der Waals surface area contributed by atoms with Crippen LogP contribution in [-0.2, 0) is 14.3 Å². The predicted molar refractivity (Wildman–Crippen MR) is 93.7 cm³/mol. The minimum Gasteiger partial charge on any atom is -0.497 e. The molecule has 0 bridgehead atoms. The molecule has 1 saturated heterocycles. The van der Waals surface area contributed by atoms with E-state index in [1.165, 1.54) is 6.08 Å². The zero-order valence-corrected chi connectivity index (χ0v) is 14.8. The summed E-state index contributed by atoms with van der Waals surface area (Å²) in [5.41, 5.74) is 0.853. The third-order valence-corrected chi connectivity index (χ3v) is 4.38. The fourth-order valence-corrected chi connectivity index (χ4v) is 3.00. The van der Waals surface area contributed by atoms with Crippen molar-refractivity contribution < 1.29 is 23.9 Å². The second-order valence-corrected chi connectivity index (χ2v) is 5.88. The highest BCUT2D eigenvalue weighted by Gasteiger charge is 2.36. The molecule has 8 heteroatoms. The second-order valence-electron chi connectivity index (χ2n) is 5.88. The lowest BCUT2D eigenvalue weighted by Crippen LogP contribution is -2.49. The van der Waals surface area contributed by atoms with Crippen LogP contribution in [0.25, 0.3) is 0 Å². The number of nitrogens with zero attached hydrogens (tertiary/aromatic N) is 3. The Kier molecular flexibility index (Phi) is 5.11. The standard InChI is InChI=1S/C18H21N3O5/c1-3-26-18(24)20-10-8-19(9-11-20)15-12-16(22)21(17(15)23)13-4-6-14(25-2)7-5-13/h4-7,12H,3,8-11H2,1-2H3. The third kappa shape index (κ3) is 3.35. The number of benzene rings is 1. The van der Waals surface area contributed by atoms with Gasteiger partial charge in [0.25, 0.3) is 11.8 Å². The minimum absolute atomic E-state index is 0.327. The molecule has 3 amide bonds. The highest BCUT2D eigenvalue weighted by atomic mass is 16.6. The predicted octanol–water partition coefficient (Wildman–Crippen LogP) is 1.23. The number of methoxy groups -OCH3 is 1. The fourth-order valence-electron chi connectivity index (χ4n) is 3.00. The number of hydrogen-bond acceptors (Lipinski definition) is 6. The lowest BCUT2D eigenvalue weighted by molar-refractivity contribution is -0.121. The Labute approximate surface area is 151 Å². The van der Waals surface area contributed by atoms with Crippen LogP contribution in [0.15, 0.2) is 36.0 Å². The van der Waals surface area contributed by atoms with E-state index in [1.54, 1.807) is 43.2 Å². The van der Waals surface area contributed by atoms with Crippen LogP contribution in [0.2, 0.25) is 0 Å². The third-order valence-electron chi connectivity index (χ3n) is 4.38. The smallest absolute Gasteiger partial charge is 0.409 e. The summed E-state index contributed by atoms with van der Waals surface area (Å²) in [5, 5.41) is 0. The van der Waals surface area contributed by atoms with Gasteiger partial charge in [-0.1, -0.05) is 0 Å². The van der Waals surface area contributed by atoms with Gasteiger partial charge in [-0.15, -0.1) is 0 Å². The Hall–Kier alpha value is -3.03. The molecule has 1 aromatic carbocycles. The normalized spacial score (nSPS) is 17.5. The summed E-state index contributed by atoms with van der Waals surface area (Å²) in [4.78, 5) is 41.4. The van der Waals surface area contributed by atoms with Gasteiger partial charge in [-0.25, -0.2) is 9.69 Å². The zero-order chi connectivity index (χ0) is 18.7. The topological polar surface area (TPSA) is 79.4 Å². The van der Waals surface area contributed by atoms with Crippen LogP contribution in [0.1, 0.15) is 6.92 Å². The average molecular weight is 359 g/mol. The molecule has 3 rings (SSSR count). The van der Waals surface area contributed by atoms with E-state index in [9.17, 15) is 14.4 Å². The van der Waals surface area contributed by atoms with Crippen LogP contribution in [0.5, 0.6) is 5.75 Å². The van der Waals surface area contributed by atoms with Gasteiger partial charge >= 0.3 is 6.09 Å². The molecule has 2 aliphatic rings. The van der Waals surface area contributed by atoms with Crippen molar-refractivity contribution in [3.05, 3.63) is 36.0 Å². The molecule has 0 spiro atoms. The molecule has 138 valence electrons. The number of rotatable bonds is 4. The summed E-state index contributed by atoms with van der Waals surface area (Å²) in [5.74, 6) is -0.0798. The molecule has 0 unspecified atom stereocenters. The van der Waals surface area contributed by atoms with Crippen molar-refractivity contribution in [2.45, 2.75) is 6.92 Å². The molecule has 1 aromatic rings. The van der Waals surface area contributed by atoms with Crippen LogP contribution in [0, 0.1) is 0 Å². The van der Waals surface area contributed by atoms with Gasteiger partial charge in [0.15, 0.2) is 0 Å². The summed E-state index contributed by atoms with van der Waals surface area (Å²) in [7, 11) is 1.55. The SMILES string of the molecule is CCOC(=O)N1CCN(C2=CC(=O)N(c3ccc(OC)cc3)C2=O)CC1. The van der Waals surface area contributed by atoms with Gasteiger partial charge in [-0.05, 0) is 31.2 Å². The number of piperazine rings is 1. The first-order valence-electron chi connectivity index (χ1n) is 8.46. The van der Waals surface area contributed by atoms with Crippen molar-refractivity contribution in [3.8, 4) is 5.75 Å². The van der Waals surface area contributed by atoms with Gasteiger partial charge in [0.05, 0.1) is 19.4 Å². The fraction of sp³-hybridized carbons (Fsp3) is 0.389. The number of imide groups is 1.